The number of aliphatic carboxylic acids is 4. The molecule has 4 N–H and O–H groups in total. The second-order valence-corrected chi connectivity index (χ2v) is 8.31. The van der Waals surface area contributed by atoms with Crippen molar-refractivity contribution in [1.82, 2.24) is 0 Å². The van der Waals surface area contributed by atoms with E-state index in [0.29, 0.717) is 32.1 Å². The van der Waals surface area contributed by atoms with Gasteiger partial charge < -0.3 is 20.4 Å². The average Bonchev–Trinajstić information content (AvgIpc) is 2.75. The Morgan fingerprint density at radius 3 is 1.55 bits per heavy atom. The third-order valence-corrected chi connectivity index (χ3v) is 5.93. The minimum Gasteiger partial charge on any atom is -0.481 e. The van der Waals surface area contributed by atoms with E-state index in [1.54, 1.807) is 0 Å². The van der Waals surface area contributed by atoms with Gasteiger partial charge in [-0.25, -0.2) is 0 Å². The maximum Gasteiger partial charge on any atom is 0.307 e. The summed E-state index contributed by atoms with van der Waals surface area (Å²) >= 11 is 0. The van der Waals surface area contributed by atoms with Gasteiger partial charge in [-0.1, -0.05) is 36.4 Å². The van der Waals surface area contributed by atoms with Gasteiger partial charge in [-0.15, -0.1) is 0 Å². The maximum atomic E-state index is 11.4. The second-order valence-electron chi connectivity index (χ2n) is 8.31. The van der Waals surface area contributed by atoms with Crippen LogP contribution in [-0.4, -0.2) is 44.3 Å². The summed E-state index contributed by atoms with van der Waals surface area (Å²) in [6.45, 7) is 0. The quantitative estimate of drug-likeness (QED) is 0.310. The molecule has 0 spiro atoms. The van der Waals surface area contributed by atoms with Gasteiger partial charge in [0.05, 0.1) is 18.3 Å². The van der Waals surface area contributed by atoms with Gasteiger partial charge in [0.25, 0.3) is 0 Å². The van der Waals surface area contributed by atoms with Crippen LogP contribution in [0.3, 0.4) is 0 Å². The lowest BCUT2D eigenvalue weighted by atomic mass is 9.90. The predicted octanol–water partition coefficient (Wildman–Crippen LogP) is 4.23. The molecule has 0 aromatic heterocycles. The van der Waals surface area contributed by atoms with Crippen LogP contribution in [0.2, 0.25) is 0 Å². The minimum absolute atomic E-state index is 0.115. The number of hydrogen-bond donors (Lipinski definition) is 4. The number of hydrogen-bond acceptors (Lipinski definition) is 4. The van der Waals surface area contributed by atoms with Gasteiger partial charge >= 0.3 is 23.9 Å². The Morgan fingerprint density at radius 1 is 0.636 bits per heavy atom. The molecule has 2 aromatic rings. The van der Waals surface area contributed by atoms with E-state index in [1.165, 1.54) is 0 Å². The monoisotopic (exact) mass is 458 g/mol. The van der Waals surface area contributed by atoms with E-state index in [4.69, 9.17) is 10.2 Å². The summed E-state index contributed by atoms with van der Waals surface area (Å²) < 4.78 is 0. The Kier molecular flexibility index (Phi) is 9.84. The summed E-state index contributed by atoms with van der Waals surface area (Å²) in [5.41, 5.74) is 2.13. The Labute approximate surface area is 191 Å². The standard InChI is InChI=1S/C25H30O8/c26-22(27)14-13-18(24(30)31)7-3-5-16-11-12-17(21-10-2-1-9-20(16)21)6-4-8-19(25(32)33)15-23(28)29/h1-2,9-12,18-19H,3-8,13-15H2,(H,26,27)(H,28,29)(H,30,31)(H,32,33). The average molecular weight is 459 g/mol. The van der Waals surface area contributed by atoms with Crippen molar-refractivity contribution in [2.45, 2.75) is 57.8 Å². The van der Waals surface area contributed by atoms with Crippen LogP contribution in [0.5, 0.6) is 0 Å². The molecule has 0 aliphatic heterocycles. The molecule has 8 nitrogen and oxygen atoms in total. The molecular formula is C25H30O8. The van der Waals surface area contributed by atoms with Gasteiger partial charge in [0, 0.05) is 6.42 Å². The fourth-order valence-corrected chi connectivity index (χ4v) is 4.15. The summed E-state index contributed by atoms with van der Waals surface area (Å²) in [5, 5.41) is 38.3. The highest BCUT2D eigenvalue weighted by atomic mass is 16.4. The Balaban J connectivity index is 2.04. The van der Waals surface area contributed by atoms with E-state index in [2.05, 4.69) is 0 Å². The first-order chi connectivity index (χ1) is 15.7. The Morgan fingerprint density at radius 2 is 1.12 bits per heavy atom. The van der Waals surface area contributed by atoms with Crippen molar-refractivity contribution in [2.75, 3.05) is 0 Å². The normalized spacial score (nSPS) is 12.8. The first-order valence-corrected chi connectivity index (χ1v) is 11.1. The fraction of sp³-hybridized carbons (Fsp3) is 0.440. The molecule has 0 aliphatic rings. The summed E-state index contributed by atoms with van der Waals surface area (Å²) in [5.74, 6) is -5.78. The highest BCUT2D eigenvalue weighted by molar-refractivity contribution is 5.88. The molecule has 0 fully saturated rings. The van der Waals surface area contributed by atoms with Gasteiger partial charge in [-0.3, -0.25) is 19.2 Å². The van der Waals surface area contributed by atoms with Crippen LogP contribution in [-0.2, 0) is 32.0 Å². The zero-order chi connectivity index (χ0) is 24.4. The lowest BCUT2D eigenvalue weighted by Crippen LogP contribution is -2.18. The summed E-state index contributed by atoms with van der Waals surface area (Å²) in [6, 6.07) is 11.8. The van der Waals surface area contributed by atoms with Crippen LogP contribution < -0.4 is 0 Å². The Bertz CT molecular complexity index is 997. The zero-order valence-electron chi connectivity index (χ0n) is 18.4. The zero-order valence-corrected chi connectivity index (χ0v) is 18.4. The van der Waals surface area contributed by atoms with E-state index in [9.17, 15) is 29.4 Å². The molecule has 0 heterocycles. The van der Waals surface area contributed by atoms with E-state index < -0.39 is 42.1 Å². The molecule has 2 rings (SSSR count). The lowest BCUT2D eigenvalue weighted by Gasteiger charge is -2.14. The molecule has 2 aromatic carbocycles. The van der Waals surface area contributed by atoms with Crippen molar-refractivity contribution in [3.63, 3.8) is 0 Å². The van der Waals surface area contributed by atoms with Crippen molar-refractivity contribution in [3.05, 3.63) is 47.5 Å². The van der Waals surface area contributed by atoms with Gasteiger partial charge in [0.2, 0.25) is 0 Å². The number of benzene rings is 2. The first-order valence-electron chi connectivity index (χ1n) is 11.1. The van der Waals surface area contributed by atoms with Crippen LogP contribution >= 0.6 is 0 Å². The lowest BCUT2D eigenvalue weighted by molar-refractivity contribution is -0.148. The second kappa shape index (κ2) is 12.6. The van der Waals surface area contributed by atoms with E-state index in [-0.39, 0.29) is 19.3 Å². The van der Waals surface area contributed by atoms with Crippen LogP contribution in [0.25, 0.3) is 10.8 Å². The molecule has 8 heteroatoms. The van der Waals surface area contributed by atoms with E-state index in [0.717, 1.165) is 21.9 Å². The molecule has 0 saturated heterocycles. The van der Waals surface area contributed by atoms with Crippen molar-refractivity contribution in [2.24, 2.45) is 11.8 Å². The third kappa shape index (κ3) is 8.21. The van der Waals surface area contributed by atoms with Crippen LogP contribution in [0, 0.1) is 11.8 Å². The van der Waals surface area contributed by atoms with Crippen molar-refractivity contribution >= 4 is 34.6 Å². The molecule has 0 radical (unpaired) electrons. The van der Waals surface area contributed by atoms with Gasteiger partial charge in [0.1, 0.15) is 0 Å². The molecule has 0 amide bonds. The molecule has 33 heavy (non-hydrogen) atoms. The number of carboxylic acid groups (broad SMARTS) is 4. The van der Waals surface area contributed by atoms with E-state index in [1.807, 2.05) is 36.4 Å². The first kappa shape index (κ1) is 25.8. The summed E-state index contributed by atoms with van der Waals surface area (Å²) in [4.78, 5) is 44.3. The highest BCUT2D eigenvalue weighted by Gasteiger charge is 2.21. The predicted molar refractivity (Wildman–Crippen MR) is 121 cm³/mol. The molecule has 0 bridgehead atoms. The van der Waals surface area contributed by atoms with Crippen molar-refractivity contribution in [1.29, 1.82) is 0 Å². The summed E-state index contributed by atoms with van der Waals surface area (Å²) in [7, 11) is 0. The van der Waals surface area contributed by atoms with Gasteiger partial charge in [-0.2, -0.15) is 0 Å². The van der Waals surface area contributed by atoms with Crippen molar-refractivity contribution in [3.8, 4) is 0 Å². The number of fused-ring (bicyclic) bond motifs is 1. The number of rotatable bonds is 15. The largest absolute Gasteiger partial charge is 0.481 e. The smallest absolute Gasteiger partial charge is 0.307 e. The van der Waals surface area contributed by atoms with Gasteiger partial charge in [-0.05, 0) is 66.8 Å². The number of aryl methyl sites for hydroxylation is 2. The summed E-state index contributed by atoms with van der Waals surface area (Å²) in [6.07, 6.45) is 2.71. The molecule has 178 valence electrons. The number of carboxylic acids is 4. The maximum absolute atomic E-state index is 11.4. The van der Waals surface area contributed by atoms with Crippen molar-refractivity contribution < 1.29 is 39.6 Å². The molecule has 2 unspecified atom stereocenters. The Hall–Kier alpha value is -3.42. The topological polar surface area (TPSA) is 149 Å². The third-order valence-electron chi connectivity index (χ3n) is 5.93. The fourth-order valence-electron chi connectivity index (χ4n) is 4.15. The van der Waals surface area contributed by atoms with E-state index >= 15 is 0 Å². The number of carbonyl (C=O) groups is 4. The van der Waals surface area contributed by atoms with Crippen LogP contribution in [0.4, 0.5) is 0 Å². The molecule has 2 atom stereocenters. The SMILES string of the molecule is O=C(O)CCC(CCCc1ccc(CCCC(CC(=O)O)C(=O)O)c2ccccc12)C(=O)O. The van der Waals surface area contributed by atoms with Crippen LogP contribution in [0.1, 0.15) is 56.1 Å². The highest BCUT2D eigenvalue weighted by Crippen LogP contribution is 2.27. The molecule has 0 saturated carbocycles. The van der Waals surface area contributed by atoms with Gasteiger partial charge in [0.15, 0.2) is 0 Å². The molecular weight excluding hydrogens is 428 g/mol. The van der Waals surface area contributed by atoms with Crippen LogP contribution in [0.15, 0.2) is 36.4 Å². The molecule has 0 aliphatic carbocycles. The minimum atomic E-state index is -1.12.